The van der Waals surface area contributed by atoms with Crippen molar-refractivity contribution >= 4 is 28.4 Å². The van der Waals surface area contributed by atoms with E-state index >= 15 is 0 Å². The van der Waals surface area contributed by atoms with E-state index < -0.39 is 0 Å². The number of carbonyl (C=O) groups excluding carboxylic acids is 1. The second-order valence-corrected chi connectivity index (χ2v) is 1.62. The molecule has 0 unspecified atom stereocenters. The van der Waals surface area contributed by atoms with Crippen LogP contribution in [0.5, 0.6) is 0 Å². The van der Waals surface area contributed by atoms with Crippen LogP contribution >= 0.6 is 22.6 Å². The van der Waals surface area contributed by atoms with Crippen molar-refractivity contribution in [3.8, 4) is 0 Å². The molecule has 0 saturated heterocycles. The largest absolute Gasteiger partial charge is 0.295 e. The summed E-state index contributed by atoms with van der Waals surface area (Å²) in [6.45, 7) is 1.52. The Hall–Kier alpha value is 0.140. The third kappa shape index (κ3) is 4.14. The Balaban J connectivity index is 3.30. The van der Waals surface area contributed by atoms with E-state index in [1.807, 2.05) is 22.6 Å². The van der Waals surface area contributed by atoms with Gasteiger partial charge in [0.15, 0.2) is 5.78 Å². The fourth-order valence-electron chi connectivity index (χ4n) is 0.0887. The molecule has 1 nitrogen and oxygen atoms in total. The highest BCUT2D eigenvalue weighted by atomic mass is 127. The summed E-state index contributed by atoms with van der Waals surface area (Å²) >= 11 is 2.00. The van der Waals surface area contributed by atoms with E-state index in [1.165, 1.54) is 13.0 Å². The molecule has 0 rings (SSSR count). The molecule has 0 heterocycles. The minimum Gasteiger partial charge on any atom is -0.295 e. The van der Waals surface area contributed by atoms with Gasteiger partial charge in [-0.1, -0.05) is 22.6 Å². The van der Waals surface area contributed by atoms with E-state index in [2.05, 4.69) is 0 Å². The molecule has 0 aromatic heterocycles. The molecule has 0 saturated carbocycles. The fraction of sp³-hybridized carbons (Fsp3) is 0.250. The second kappa shape index (κ2) is 3.33. The van der Waals surface area contributed by atoms with Crippen molar-refractivity contribution in [3.05, 3.63) is 10.2 Å². The Morgan fingerprint density at radius 3 is 2.33 bits per heavy atom. The molecule has 0 aromatic rings. The number of rotatable bonds is 1. The molecule has 6 heavy (non-hydrogen) atoms. The Morgan fingerprint density at radius 2 is 2.33 bits per heavy atom. The summed E-state index contributed by atoms with van der Waals surface area (Å²) in [6, 6.07) is 0. The molecule has 0 bridgehead atoms. The molecule has 0 fully saturated rings. The molecule has 0 amide bonds. The molecular formula is C4H5IO. The Kier molecular flexibility index (Phi) is 3.41. The summed E-state index contributed by atoms with van der Waals surface area (Å²) in [4.78, 5) is 9.95. The maximum atomic E-state index is 9.95. The molecular weight excluding hydrogens is 191 g/mol. The standard InChI is InChI=1S/C4H5IO/c1-4(6)2-3-5/h2-3H,1H3. The molecule has 0 atom stereocenters. The van der Waals surface area contributed by atoms with Crippen LogP contribution < -0.4 is 0 Å². The van der Waals surface area contributed by atoms with Crippen molar-refractivity contribution in [2.24, 2.45) is 0 Å². The zero-order valence-corrected chi connectivity index (χ0v) is 5.60. The van der Waals surface area contributed by atoms with Gasteiger partial charge in [0, 0.05) is 0 Å². The molecule has 0 spiro atoms. The highest BCUT2D eigenvalue weighted by molar-refractivity contribution is 14.1. The van der Waals surface area contributed by atoms with Crippen LogP contribution in [-0.4, -0.2) is 5.78 Å². The number of allylic oxidation sites excluding steroid dienone is 1. The molecule has 0 aliphatic heterocycles. The lowest BCUT2D eigenvalue weighted by Crippen LogP contribution is -1.75. The predicted molar refractivity (Wildman–Crippen MR) is 33.8 cm³/mol. The molecule has 0 radical (unpaired) electrons. The van der Waals surface area contributed by atoms with Gasteiger partial charge in [-0.3, -0.25) is 4.79 Å². The van der Waals surface area contributed by atoms with Crippen molar-refractivity contribution in [1.29, 1.82) is 0 Å². The van der Waals surface area contributed by atoms with Crippen LogP contribution in [0.25, 0.3) is 0 Å². The summed E-state index contributed by atoms with van der Waals surface area (Å²) in [6.07, 6.45) is 1.51. The topological polar surface area (TPSA) is 17.1 Å². The summed E-state index contributed by atoms with van der Waals surface area (Å²) in [5.41, 5.74) is 0. The Bertz CT molecular complexity index is 75.6. The van der Waals surface area contributed by atoms with E-state index in [-0.39, 0.29) is 5.78 Å². The average Bonchev–Trinajstić information content (AvgIpc) is 1.35. The van der Waals surface area contributed by atoms with E-state index in [9.17, 15) is 4.79 Å². The van der Waals surface area contributed by atoms with Crippen molar-refractivity contribution in [1.82, 2.24) is 0 Å². The summed E-state index contributed by atoms with van der Waals surface area (Å²) < 4.78 is 1.69. The molecule has 0 aliphatic rings. The van der Waals surface area contributed by atoms with Crippen molar-refractivity contribution < 1.29 is 4.79 Å². The zero-order valence-electron chi connectivity index (χ0n) is 3.44. The SMILES string of the molecule is CC(=O)C=CI. The van der Waals surface area contributed by atoms with Gasteiger partial charge in [-0.2, -0.15) is 0 Å². The zero-order chi connectivity index (χ0) is 4.99. The highest BCUT2D eigenvalue weighted by Crippen LogP contribution is 1.82. The molecule has 0 N–H and O–H groups in total. The predicted octanol–water partition coefficient (Wildman–Crippen LogP) is 1.52. The first-order valence-corrected chi connectivity index (χ1v) is 2.79. The van der Waals surface area contributed by atoms with Crippen molar-refractivity contribution in [2.45, 2.75) is 6.92 Å². The smallest absolute Gasteiger partial charge is 0.153 e. The van der Waals surface area contributed by atoms with E-state index in [4.69, 9.17) is 0 Å². The normalized spacial score (nSPS) is 9.67. The lowest BCUT2D eigenvalue weighted by Gasteiger charge is -1.67. The summed E-state index contributed by atoms with van der Waals surface area (Å²) in [7, 11) is 0. The Labute approximate surface area is 50.6 Å². The quantitative estimate of drug-likeness (QED) is 0.459. The van der Waals surface area contributed by atoms with Gasteiger partial charge >= 0.3 is 0 Å². The first-order chi connectivity index (χ1) is 2.77. The van der Waals surface area contributed by atoms with Crippen LogP contribution in [0, 0.1) is 0 Å². The maximum absolute atomic E-state index is 9.95. The molecule has 2 heteroatoms. The van der Waals surface area contributed by atoms with Crippen LogP contribution in [0.2, 0.25) is 0 Å². The van der Waals surface area contributed by atoms with Crippen LogP contribution in [0.1, 0.15) is 6.92 Å². The lowest BCUT2D eigenvalue weighted by molar-refractivity contribution is -0.112. The number of carbonyl (C=O) groups is 1. The average molecular weight is 196 g/mol. The summed E-state index contributed by atoms with van der Waals surface area (Å²) in [5, 5.41) is 0. The number of halogens is 1. The third-order valence-corrected chi connectivity index (χ3v) is 0.657. The van der Waals surface area contributed by atoms with Gasteiger partial charge in [0.05, 0.1) is 0 Å². The minimum absolute atomic E-state index is 0.101. The number of hydrogen-bond acceptors (Lipinski definition) is 1. The van der Waals surface area contributed by atoms with E-state index in [0.717, 1.165) is 0 Å². The van der Waals surface area contributed by atoms with Gasteiger partial charge in [-0.05, 0) is 17.1 Å². The second-order valence-electron chi connectivity index (χ2n) is 0.903. The fourth-order valence-corrected chi connectivity index (χ4v) is 0.595. The molecule has 0 aromatic carbocycles. The van der Waals surface area contributed by atoms with E-state index in [0.29, 0.717) is 0 Å². The maximum Gasteiger partial charge on any atom is 0.153 e. The summed E-state index contributed by atoms with van der Waals surface area (Å²) in [5.74, 6) is 0.101. The van der Waals surface area contributed by atoms with Crippen LogP contribution in [0.3, 0.4) is 0 Å². The first-order valence-electron chi connectivity index (χ1n) is 1.54. The van der Waals surface area contributed by atoms with Gasteiger partial charge in [0.1, 0.15) is 0 Å². The van der Waals surface area contributed by atoms with Gasteiger partial charge < -0.3 is 0 Å². The van der Waals surface area contributed by atoms with Crippen LogP contribution in [-0.2, 0) is 4.79 Å². The highest BCUT2D eigenvalue weighted by Gasteiger charge is 1.73. The molecule has 0 aliphatic carbocycles. The third-order valence-electron chi connectivity index (χ3n) is 0.298. The monoisotopic (exact) mass is 196 g/mol. The van der Waals surface area contributed by atoms with Gasteiger partial charge in [-0.15, -0.1) is 0 Å². The number of hydrogen-bond donors (Lipinski definition) is 0. The van der Waals surface area contributed by atoms with Crippen LogP contribution in [0.15, 0.2) is 10.2 Å². The minimum atomic E-state index is 0.101. The van der Waals surface area contributed by atoms with Gasteiger partial charge in [0.2, 0.25) is 0 Å². The lowest BCUT2D eigenvalue weighted by atomic mass is 10.5. The van der Waals surface area contributed by atoms with Crippen molar-refractivity contribution in [2.75, 3.05) is 0 Å². The van der Waals surface area contributed by atoms with Gasteiger partial charge in [-0.25, -0.2) is 0 Å². The number of ketones is 1. The van der Waals surface area contributed by atoms with E-state index in [1.54, 1.807) is 4.08 Å². The first kappa shape index (κ1) is 6.14. The molecule has 34 valence electrons. The van der Waals surface area contributed by atoms with Gasteiger partial charge in [0.25, 0.3) is 0 Å². The van der Waals surface area contributed by atoms with Crippen molar-refractivity contribution in [3.63, 3.8) is 0 Å². The Morgan fingerprint density at radius 1 is 1.83 bits per heavy atom. The van der Waals surface area contributed by atoms with Crippen LogP contribution in [0.4, 0.5) is 0 Å².